The molecule has 0 aliphatic heterocycles. The van der Waals surface area contributed by atoms with Crippen LogP contribution in [0.3, 0.4) is 0 Å². The van der Waals surface area contributed by atoms with Crippen LogP contribution in [0.5, 0.6) is 0 Å². The fourth-order valence-electron chi connectivity index (χ4n) is 1.08. The molecule has 0 radical (unpaired) electrons. The van der Waals surface area contributed by atoms with Gasteiger partial charge in [-0.1, -0.05) is 7.43 Å². The lowest BCUT2D eigenvalue weighted by Crippen LogP contribution is -2.29. The smallest absolute Gasteiger partial charge is 0.185 e. The molecule has 0 spiro atoms. The van der Waals surface area contributed by atoms with Crippen molar-refractivity contribution in [3.63, 3.8) is 0 Å². The zero-order valence-corrected chi connectivity index (χ0v) is 8.06. The highest BCUT2D eigenvalue weighted by atomic mass is 32.1. The standard InChI is InChI=1S/C8H14N2S.CH4/c1-4-10(7(2)3)8-9-5-6-11-8;/h5-7H,4H2,1-3H3;1H4. The molecule has 3 heteroatoms. The molecule has 0 atom stereocenters. The molecule has 12 heavy (non-hydrogen) atoms. The molecule has 1 aromatic rings. The Bertz CT molecular complexity index is 194. The fraction of sp³-hybridized carbons (Fsp3) is 0.667. The normalized spacial score (nSPS) is 9.67. The van der Waals surface area contributed by atoms with Crippen LogP contribution in [0.2, 0.25) is 0 Å². The summed E-state index contributed by atoms with van der Waals surface area (Å²) in [4.78, 5) is 6.54. The Kier molecular flexibility index (Phi) is 4.90. The molecule has 1 aromatic heterocycles. The summed E-state index contributed by atoms with van der Waals surface area (Å²) in [6, 6.07) is 0.547. The molecule has 2 nitrogen and oxygen atoms in total. The summed E-state index contributed by atoms with van der Waals surface area (Å²) in [5, 5.41) is 3.14. The van der Waals surface area contributed by atoms with Crippen molar-refractivity contribution < 1.29 is 0 Å². The van der Waals surface area contributed by atoms with E-state index < -0.39 is 0 Å². The van der Waals surface area contributed by atoms with E-state index in [-0.39, 0.29) is 7.43 Å². The van der Waals surface area contributed by atoms with Gasteiger partial charge in [0, 0.05) is 24.2 Å². The summed E-state index contributed by atoms with van der Waals surface area (Å²) in [6.45, 7) is 7.56. The van der Waals surface area contributed by atoms with Gasteiger partial charge in [-0.2, -0.15) is 0 Å². The van der Waals surface area contributed by atoms with Crippen LogP contribution < -0.4 is 4.90 Å². The quantitative estimate of drug-likeness (QED) is 0.721. The minimum atomic E-state index is 0. The molecule has 0 aromatic carbocycles. The minimum Gasteiger partial charge on any atom is -0.346 e. The van der Waals surface area contributed by atoms with Gasteiger partial charge < -0.3 is 4.90 Å². The van der Waals surface area contributed by atoms with Crippen molar-refractivity contribution in [3.8, 4) is 0 Å². The highest BCUT2D eigenvalue weighted by molar-refractivity contribution is 7.13. The van der Waals surface area contributed by atoms with Crippen LogP contribution in [0.1, 0.15) is 28.2 Å². The third-order valence-corrected chi connectivity index (χ3v) is 2.44. The van der Waals surface area contributed by atoms with E-state index >= 15 is 0 Å². The maximum absolute atomic E-state index is 4.25. The number of thiazole rings is 1. The van der Waals surface area contributed by atoms with Gasteiger partial charge >= 0.3 is 0 Å². The van der Waals surface area contributed by atoms with Gasteiger partial charge in [0.1, 0.15) is 0 Å². The Balaban J connectivity index is 0.00000121. The first kappa shape index (κ1) is 11.4. The summed E-state index contributed by atoms with van der Waals surface area (Å²) in [5.41, 5.74) is 0. The molecule has 0 N–H and O–H groups in total. The third-order valence-electron chi connectivity index (χ3n) is 1.63. The van der Waals surface area contributed by atoms with Crippen LogP contribution in [-0.2, 0) is 0 Å². The highest BCUT2D eigenvalue weighted by Gasteiger charge is 2.09. The van der Waals surface area contributed by atoms with Gasteiger partial charge in [0.25, 0.3) is 0 Å². The van der Waals surface area contributed by atoms with E-state index in [9.17, 15) is 0 Å². The van der Waals surface area contributed by atoms with Crippen LogP contribution >= 0.6 is 11.3 Å². The first-order valence-corrected chi connectivity index (χ1v) is 4.79. The van der Waals surface area contributed by atoms with Crippen LogP contribution in [0.25, 0.3) is 0 Å². The van der Waals surface area contributed by atoms with Crippen molar-refractivity contribution >= 4 is 16.5 Å². The van der Waals surface area contributed by atoms with Crippen molar-refractivity contribution in [1.29, 1.82) is 0 Å². The number of hydrogen-bond acceptors (Lipinski definition) is 3. The molecule has 1 heterocycles. The number of rotatable bonds is 3. The topological polar surface area (TPSA) is 16.1 Å². The zero-order chi connectivity index (χ0) is 8.27. The molecule has 0 unspecified atom stereocenters. The summed E-state index contributed by atoms with van der Waals surface area (Å²) >= 11 is 1.70. The van der Waals surface area contributed by atoms with Crippen molar-refractivity contribution in [2.24, 2.45) is 0 Å². The Hall–Kier alpha value is -0.570. The summed E-state index contributed by atoms with van der Waals surface area (Å²) < 4.78 is 0. The van der Waals surface area contributed by atoms with Crippen molar-refractivity contribution in [1.82, 2.24) is 4.98 Å². The molecule has 0 amide bonds. The van der Waals surface area contributed by atoms with E-state index in [0.29, 0.717) is 6.04 Å². The maximum Gasteiger partial charge on any atom is 0.185 e. The summed E-state index contributed by atoms with van der Waals surface area (Å²) in [6.07, 6.45) is 1.85. The van der Waals surface area contributed by atoms with E-state index in [1.54, 1.807) is 11.3 Å². The van der Waals surface area contributed by atoms with Crippen LogP contribution in [0, 0.1) is 0 Å². The summed E-state index contributed by atoms with van der Waals surface area (Å²) in [7, 11) is 0. The molecule has 0 aliphatic carbocycles. The lowest BCUT2D eigenvalue weighted by atomic mass is 10.3. The zero-order valence-electron chi connectivity index (χ0n) is 7.24. The first-order chi connectivity index (χ1) is 5.25. The van der Waals surface area contributed by atoms with Crippen LogP contribution in [0.15, 0.2) is 11.6 Å². The predicted octanol–water partition coefficient (Wildman–Crippen LogP) is 3.01. The second kappa shape index (κ2) is 5.14. The molecule has 0 aliphatic rings. The van der Waals surface area contributed by atoms with Crippen molar-refractivity contribution in [2.45, 2.75) is 34.2 Å². The molecule has 0 fully saturated rings. The fourth-order valence-corrected chi connectivity index (χ4v) is 1.92. The maximum atomic E-state index is 4.25. The Morgan fingerprint density at radius 2 is 2.25 bits per heavy atom. The number of anilines is 1. The van der Waals surface area contributed by atoms with E-state index in [0.717, 1.165) is 11.7 Å². The first-order valence-electron chi connectivity index (χ1n) is 3.91. The van der Waals surface area contributed by atoms with Crippen molar-refractivity contribution in [3.05, 3.63) is 11.6 Å². The molecule has 0 bridgehead atoms. The number of nitrogens with zero attached hydrogens (tertiary/aromatic N) is 2. The van der Waals surface area contributed by atoms with Crippen LogP contribution in [-0.4, -0.2) is 17.6 Å². The minimum absolute atomic E-state index is 0. The molecule has 70 valence electrons. The van der Waals surface area contributed by atoms with Gasteiger partial charge in [0.2, 0.25) is 0 Å². The van der Waals surface area contributed by atoms with Gasteiger partial charge in [-0.15, -0.1) is 11.3 Å². The van der Waals surface area contributed by atoms with Gasteiger partial charge in [-0.05, 0) is 20.8 Å². The van der Waals surface area contributed by atoms with E-state index in [1.165, 1.54) is 0 Å². The monoisotopic (exact) mass is 186 g/mol. The van der Waals surface area contributed by atoms with E-state index in [4.69, 9.17) is 0 Å². The second-order valence-corrected chi connectivity index (χ2v) is 3.57. The average Bonchev–Trinajstić information content (AvgIpc) is 2.40. The molecular weight excluding hydrogens is 168 g/mol. The summed E-state index contributed by atoms with van der Waals surface area (Å²) in [5.74, 6) is 0. The molecule has 1 rings (SSSR count). The second-order valence-electron chi connectivity index (χ2n) is 2.69. The largest absolute Gasteiger partial charge is 0.346 e. The number of aromatic nitrogens is 1. The lowest BCUT2D eigenvalue weighted by molar-refractivity contribution is 0.701. The highest BCUT2D eigenvalue weighted by Crippen LogP contribution is 2.18. The van der Waals surface area contributed by atoms with Crippen LogP contribution in [0.4, 0.5) is 5.13 Å². The van der Waals surface area contributed by atoms with Gasteiger partial charge in [-0.3, -0.25) is 0 Å². The van der Waals surface area contributed by atoms with Gasteiger partial charge in [0.05, 0.1) is 0 Å². The van der Waals surface area contributed by atoms with E-state index in [1.807, 2.05) is 11.6 Å². The lowest BCUT2D eigenvalue weighted by Gasteiger charge is -2.23. The Morgan fingerprint density at radius 3 is 2.58 bits per heavy atom. The predicted molar refractivity (Wildman–Crippen MR) is 57.0 cm³/mol. The Morgan fingerprint density at radius 1 is 1.58 bits per heavy atom. The van der Waals surface area contributed by atoms with Gasteiger partial charge in [-0.25, -0.2) is 4.98 Å². The molecular formula is C9H18N2S. The molecule has 0 saturated heterocycles. The molecule has 0 saturated carbocycles. The van der Waals surface area contributed by atoms with E-state index in [2.05, 4.69) is 30.7 Å². The third kappa shape index (κ3) is 2.48. The van der Waals surface area contributed by atoms with Gasteiger partial charge in [0.15, 0.2) is 5.13 Å². The average molecular weight is 186 g/mol. The SMILES string of the molecule is C.CCN(c1nccs1)C(C)C. The van der Waals surface area contributed by atoms with Crippen molar-refractivity contribution in [2.75, 3.05) is 11.4 Å². The Labute approximate surface area is 79.2 Å². The number of hydrogen-bond donors (Lipinski definition) is 0.